The molecule has 3 nitrogen and oxygen atoms in total. The van der Waals surface area contributed by atoms with E-state index in [0.717, 1.165) is 0 Å². The van der Waals surface area contributed by atoms with E-state index in [1.807, 2.05) is 0 Å². The molecule has 1 aromatic heterocycles. The molecule has 1 aromatic rings. The molecular formula is C8H10BrNO2. The van der Waals surface area contributed by atoms with E-state index < -0.39 is 5.60 Å². The topological polar surface area (TPSA) is 53.4 Å². The average Bonchev–Trinajstić information content (AvgIpc) is 1.82. The van der Waals surface area contributed by atoms with Crippen LogP contribution in [0.3, 0.4) is 0 Å². The third-order valence-electron chi connectivity index (χ3n) is 1.41. The highest BCUT2D eigenvalue weighted by atomic mass is 79.9. The SMILES string of the molecule is CC(C)(O)c1cc(O)cc(Br)n1. The van der Waals surface area contributed by atoms with Crippen LogP contribution in [0.15, 0.2) is 16.7 Å². The molecule has 4 heteroatoms. The molecule has 1 heterocycles. The van der Waals surface area contributed by atoms with Gasteiger partial charge in [-0.05, 0) is 29.8 Å². The fourth-order valence-corrected chi connectivity index (χ4v) is 1.22. The van der Waals surface area contributed by atoms with Crippen molar-refractivity contribution in [3.05, 3.63) is 22.4 Å². The van der Waals surface area contributed by atoms with Crippen molar-refractivity contribution in [2.45, 2.75) is 19.4 Å². The van der Waals surface area contributed by atoms with Gasteiger partial charge in [0.1, 0.15) is 16.0 Å². The molecule has 0 radical (unpaired) electrons. The van der Waals surface area contributed by atoms with Crippen molar-refractivity contribution in [2.24, 2.45) is 0 Å². The molecule has 0 bridgehead atoms. The monoisotopic (exact) mass is 231 g/mol. The van der Waals surface area contributed by atoms with Crippen LogP contribution >= 0.6 is 15.9 Å². The number of aromatic nitrogens is 1. The molecule has 0 aromatic carbocycles. The van der Waals surface area contributed by atoms with Gasteiger partial charge in [-0.15, -0.1) is 0 Å². The van der Waals surface area contributed by atoms with Gasteiger partial charge in [0.05, 0.1) is 5.69 Å². The zero-order valence-corrected chi connectivity index (χ0v) is 8.46. The minimum absolute atomic E-state index is 0.0917. The molecule has 66 valence electrons. The maximum Gasteiger partial charge on any atom is 0.120 e. The summed E-state index contributed by atoms with van der Waals surface area (Å²) < 4.78 is 0.514. The van der Waals surface area contributed by atoms with Crippen LogP contribution in [0, 0.1) is 0 Å². The molecule has 0 spiro atoms. The molecular weight excluding hydrogens is 222 g/mol. The summed E-state index contributed by atoms with van der Waals surface area (Å²) in [6, 6.07) is 2.90. The molecule has 2 N–H and O–H groups in total. The lowest BCUT2D eigenvalue weighted by molar-refractivity contribution is 0.0734. The second-order valence-electron chi connectivity index (χ2n) is 3.09. The van der Waals surface area contributed by atoms with Crippen molar-refractivity contribution >= 4 is 15.9 Å². The highest BCUT2D eigenvalue weighted by Gasteiger charge is 2.18. The second-order valence-corrected chi connectivity index (χ2v) is 3.90. The molecule has 0 saturated carbocycles. The Balaban J connectivity index is 3.18. The Kier molecular flexibility index (Phi) is 2.39. The first-order valence-corrected chi connectivity index (χ1v) is 4.28. The molecule has 1 rings (SSSR count). The number of pyridine rings is 1. The van der Waals surface area contributed by atoms with E-state index in [-0.39, 0.29) is 5.75 Å². The fraction of sp³-hybridized carbons (Fsp3) is 0.375. The van der Waals surface area contributed by atoms with Crippen LogP contribution < -0.4 is 0 Å². The van der Waals surface area contributed by atoms with E-state index in [1.54, 1.807) is 13.8 Å². The van der Waals surface area contributed by atoms with Gasteiger partial charge in [0.25, 0.3) is 0 Å². The predicted octanol–water partition coefficient (Wildman–Crippen LogP) is 1.78. The van der Waals surface area contributed by atoms with Gasteiger partial charge in [0.2, 0.25) is 0 Å². The van der Waals surface area contributed by atoms with Gasteiger partial charge in [-0.2, -0.15) is 0 Å². The summed E-state index contributed by atoms with van der Waals surface area (Å²) in [7, 11) is 0. The number of halogens is 1. The molecule has 12 heavy (non-hydrogen) atoms. The van der Waals surface area contributed by atoms with Crippen molar-refractivity contribution in [3.8, 4) is 5.75 Å². The van der Waals surface area contributed by atoms with Gasteiger partial charge in [-0.3, -0.25) is 0 Å². The Morgan fingerprint density at radius 1 is 1.42 bits per heavy atom. The lowest BCUT2D eigenvalue weighted by Crippen LogP contribution is -2.17. The smallest absolute Gasteiger partial charge is 0.120 e. The number of hydrogen-bond acceptors (Lipinski definition) is 3. The highest BCUT2D eigenvalue weighted by Crippen LogP contribution is 2.24. The van der Waals surface area contributed by atoms with Gasteiger partial charge in [0, 0.05) is 12.1 Å². The molecule has 0 amide bonds. The minimum Gasteiger partial charge on any atom is -0.508 e. The lowest BCUT2D eigenvalue weighted by Gasteiger charge is -2.16. The Bertz CT molecular complexity index is 273. The number of aromatic hydroxyl groups is 1. The Morgan fingerprint density at radius 3 is 2.42 bits per heavy atom. The first kappa shape index (κ1) is 9.48. The van der Waals surface area contributed by atoms with Gasteiger partial charge < -0.3 is 10.2 Å². The largest absolute Gasteiger partial charge is 0.508 e. The third kappa shape index (κ3) is 2.19. The van der Waals surface area contributed by atoms with Crippen LogP contribution in [-0.4, -0.2) is 15.2 Å². The maximum absolute atomic E-state index is 9.54. The van der Waals surface area contributed by atoms with E-state index in [2.05, 4.69) is 20.9 Å². The summed E-state index contributed by atoms with van der Waals surface area (Å²) >= 11 is 3.12. The van der Waals surface area contributed by atoms with Crippen molar-refractivity contribution in [2.75, 3.05) is 0 Å². The zero-order chi connectivity index (χ0) is 9.35. The van der Waals surface area contributed by atoms with Crippen LogP contribution in [0.5, 0.6) is 5.75 Å². The first-order valence-electron chi connectivity index (χ1n) is 3.49. The standard InChI is InChI=1S/C8H10BrNO2/c1-8(2,12)6-3-5(11)4-7(9)10-6/h3-4,12H,1-2H3,(H,10,11). The van der Waals surface area contributed by atoms with Crippen LogP contribution in [0.1, 0.15) is 19.5 Å². The van der Waals surface area contributed by atoms with Crippen molar-refractivity contribution in [1.82, 2.24) is 4.98 Å². The van der Waals surface area contributed by atoms with E-state index in [4.69, 9.17) is 0 Å². The van der Waals surface area contributed by atoms with Gasteiger partial charge in [-0.25, -0.2) is 4.98 Å². The lowest BCUT2D eigenvalue weighted by atomic mass is 10.1. The fourth-order valence-electron chi connectivity index (χ4n) is 0.797. The van der Waals surface area contributed by atoms with Crippen LogP contribution in [-0.2, 0) is 5.60 Å². The molecule has 0 aliphatic heterocycles. The third-order valence-corrected chi connectivity index (χ3v) is 1.81. The molecule has 0 aliphatic carbocycles. The van der Waals surface area contributed by atoms with Crippen LogP contribution in [0.4, 0.5) is 0 Å². The van der Waals surface area contributed by atoms with Gasteiger partial charge in [0.15, 0.2) is 0 Å². The van der Waals surface area contributed by atoms with Gasteiger partial charge in [-0.1, -0.05) is 0 Å². The summed E-state index contributed by atoms with van der Waals surface area (Å²) in [5.41, 5.74) is -0.587. The second kappa shape index (κ2) is 3.03. The zero-order valence-electron chi connectivity index (χ0n) is 6.87. The number of hydrogen-bond donors (Lipinski definition) is 2. The number of nitrogens with zero attached hydrogens (tertiary/aromatic N) is 1. The molecule has 0 saturated heterocycles. The Morgan fingerprint density at radius 2 is 2.00 bits per heavy atom. The summed E-state index contributed by atoms with van der Waals surface area (Å²) in [4.78, 5) is 4.01. The van der Waals surface area contributed by atoms with E-state index in [0.29, 0.717) is 10.3 Å². The van der Waals surface area contributed by atoms with Crippen molar-refractivity contribution in [1.29, 1.82) is 0 Å². The average molecular weight is 232 g/mol. The van der Waals surface area contributed by atoms with Crippen LogP contribution in [0.2, 0.25) is 0 Å². The highest BCUT2D eigenvalue weighted by molar-refractivity contribution is 9.10. The van der Waals surface area contributed by atoms with Crippen LogP contribution in [0.25, 0.3) is 0 Å². The normalized spacial score (nSPS) is 11.7. The molecule has 0 atom stereocenters. The summed E-state index contributed by atoms with van der Waals surface area (Å²) in [6.07, 6.45) is 0. The van der Waals surface area contributed by atoms with Crippen molar-refractivity contribution in [3.63, 3.8) is 0 Å². The van der Waals surface area contributed by atoms with Crippen molar-refractivity contribution < 1.29 is 10.2 Å². The molecule has 0 unspecified atom stereocenters. The van der Waals surface area contributed by atoms with Gasteiger partial charge >= 0.3 is 0 Å². The van der Waals surface area contributed by atoms with E-state index >= 15 is 0 Å². The Labute approximate surface area is 79.2 Å². The first-order chi connectivity index (χ1) is 5.39. The molecule has 0 fully saturated rings. The number of aliphatic hydroxyl groups is 1. The number of rotatable bonds is 1. The summed E-state index contributed by atoms with van der Waals surface area (Å²) in [5.74, 6) is 0.0917. The maximum atomic E-state index is 9.54. The quantitative estimate of drug-likeness (QED) is 0.725. The predicted molar refractivity (Wildman–Crippen MR) is 48.8 cm³/mol. The minimum atomic E-state index is -1.03. The van der Waals surface area contributed by atoms with E-state index in [1.165, 1.54) is 12.1 Å². The summed E-state index contributed by atoms with van der Waals surface area (Å²) in [5, 5.41) is 18.7. The van der Waals surface area contributed by atoms with E-state index in [9.17, 15) is 10.2 Å². The Hall–Kier alpha value is -0.610. The summed E-state index contributed by atoms with van der Waals surface area (Å²) in [6.45, 7) is 3.22. The molecule has 0 aliphatic rings.